The second-order valence-corrected chi connectivity index (χ2v) is 4.98. The van der Waals surface area contributed by atoms with E-state index in [1.54, 1.807) is 6.07 Å². The van der Waals surface area contributed by atoms with Crippen LogP contribution in [-0.2, 0) is 0 Å². The summed E-state index contributed by atoms with van der Waals surface area (Å²) in [5.74, 6) is -0.669. The number of nitrogens with zero attached hydrogens (tertiary/aromatic N) is 1. The molecule has 102 valence electrons. The van der Waals surface area contributed by atoms with Crippen LogP contribution in [0.15, 0.2) is 30.5 Å². The lowest BCUT2D eigenvalue weighted by molar-refractivity contribution is 0.102. The van der Waals surface area contributed by atoms with Crippen LogP contribution < -0.4 is 5.73 Å². The largest absolute Gasteiger partial charge is 0.383 e. The number of halogens is 3. The number of pyridine rings is 1. The molecule has 0 bridgehead atoms. The molecule has 0 spiro atoms. The van der Waals surface area contributed by atoms with Gasteiger partial charge in [-0.2, -0.15) is 0 Å². The second-order valence-electron chi connectivity index (χ2n) is 3.82. The van der Waals surface area contributed by atoms with Crippen molar-refractivity contribution in [1.29, 1.82) is 0 Å². The monoisotopic (exact) mass is 328 g/mol. The van der Waals surface area contributed by atoms with E-state index in [9.17, 15) is 9.59 Å². The maximum absolute atomic E-state index is 12.5. The van der Waals surface area contributed by atoms with Crippen LogP contribution in [0.1, 0.15) is 26.3 Å². The summed E-state index contributed by atoms with van der Waals surface area (Å²) in [6.07, 6.45) is 1.30. The molecule has 0 aliphatic heterocycles. The molecule has 0 amide bonds. The van der Waals surface area contributed by atoms with Gasteiger partial charge in [-0.15, -0.1) is 0 Å². The zero-order chi connectivity index (χ0) is 14.9. The predicted molar refractivity (Wildman–Crippen MR) is 78.7 cm³/mol. The van der Waals surface area contributed by atoms with Gasteiger partial charge in [0.1, 0.15) is 5.82 Å². The third-order valence-corrected chi connectivity index (χ3v) is 3.43. The van der Waals surface area contributed by atoms with Crippen LogP contribution in [0, 0.1) is 0 Å². The topological polar surface area (TPSA) is 73.0 Å². The van der Waals surface area contributed by atoms with Crippen molar-refractivity contribution in [2.75, 3.05) is 5.73 Å². The van der Waals surface area contributed by atoms with Crippen molar-refractivity contribution < 1.29 is 9.59 Å². The third kappa shape index (κ3) is 2.63. The zero-order valence-corrected chi connectivity index (χ0v) is 12.1. The van der Waals surface area contributed by atoms with E-state index in [1.165, 1.54) is 24.4 Å². The standard InChI is InChI=1S/C13H7Cl3N2O2/c14-7-2-1-3-8(15)10(7)11(19)6-4-5-18-13(17)9(6)12(16)20/h1-5H,(H2,17,18). The summed E-state index contributed by atoms with van der Waals surface area (Å²) in [6.45, 7) is 0. The molecule has 0 fully saturated rings. The number of nitrogens with two attached hydrogens (primary N) is 1. The Kier molecular flexibility index (Phi) is 4.28. The minimum atomic E-state index is -0.873. The minimum absolute atomic E-state index is 0.00694. The van der Waals surface area contributed by atoms with Gasteiger partial charge in [0.2, 0.25) is 0 Å². The van der Waals surface area contributed by atoms with Crippen molar-refractivity contribution in [3.05, 3.63) is 57.2 Å². The highest BCUT2D eigenvalue weighted by molar-refractivity contribution is 6.68. The number of carbonyl (C=O) groups excluding carboxylic acids is 2. The Labute approximate surface area is 129 Å². The van der Waals surface area contributed by atoms with E-state index in [2.05, 4.69) is 4.98 Å². The Morgan fingerprint density at radius 1 is 1.05 bits per heavy atom. The molecule has 0 radical (unpaired) electrons. The Morgan fingerprint density at radius 3 is 2.20 bits per heavy atom. The average molecular weight is 330 g/mol. The molecule has 2 N–H and O–H groups in total. The molecule has 2 rings (SSSR count). The Hall–Kier alpha value is -1.62. The van der Waals surface area contributed by atoms with Gasteiger partial charge in [-0.05, 0) is 29.8 Å². The highest BCUT2D eigenvalue weighted by atomic mass is 35.5. The molecular weight excluding hydrogens is 323 g/mol. The maximum Gasteiger partial charge on any atom is 0.256 e. The van der Waals surface area contributed by atoms with Crippen molar-refractivity contribution in [1.82, 2.24) is 4.98 Å². The van der Waals surface area contributed by atoms with Crippen LogP contribution in [0.25, 0.3) is 0 Å². The predicted octanol–water partition coefficient (Wildman–Crippen LogP) is 3.58. The first-order valence-corrected chi connectivity index (χ1v) is 6.50. The summed E-state index contributed by atoms with van der Waals surface area (Å²) in [4.78, 5) is 27.7. The highest BCUT2D eigenvalue weighted by Crippen LogP contribution is 2.29. The summed E-state index contributed by atoms with van der Waals surface area (Å²) in [5, 5.41) is -0.529. The van der Waals surface area contributed by atoms with Gasteiger partial charge in [0, 0.05) is 11.8 Å². The number of carbonyl (C=O) groups is 2. The number of benzene rings is 1. The molecule has 4 nitrogen and oxygen atoms in total. The molecule has 20 heavy (non-hydrogen) atoms. The Morgan fingerprint density at radius 2 is 1.65 bits per heavy atom. The van der Waals surface area contributed by atoms with Gasteiger partial charge in [0.05, 0.1) is 21.2 Å². The van der Waals surface area contributed by atoms with Crippen molar-refractivity contribution >= 4 is 51.6 Å². The molecule has 0 aliphatic rings. The van der Waals surface area contributed by atoms with Crippen molar-refractivity contribution in [2.24, 2.45) is 0 Å². The fourth-order valence-corrected chi connectivity index (χ4v) is 2.49. The van der Waals surface area contributed by atoms with Gasteiger partial charge >= 0.3 is 0 Å². The first-order valence-electron chi connectivity index (χ1n) is 5.36. The number of ketones is 1. The number of hydrogen-bond acceptors (Lipinski definition) is 4. The van der Waals surface area contributed by atoms with Crippen molar-refractivity contribution in [3.8, 4) is 0 Å². The molecule has 0 saturated carbocycles. The fourth-order valence-electron chi connectivity index (χ4n) is 1.72. The van der Waals surface area contributed by atoms with Crippen LogP contribution in [0.3, 0.4) is 0 Å². The van der Waals surface area contributed by atoms with Gasteiger partial charge in [0.25, 0.3) is 5.24 Å². The summed E-state index contributed by atoms with van der Waals surface area (Å²) in [7, 11) is 0. The smallest absolute Gasteiger partial charge is 0.256 e. The van der Waals surface area contributed by atoms with Crippen LogP contribution in [-0.4, -0.2) is 16.0 Å². The third-order valence-electron chi connectivity index (χ3n) is 2.61. The van der Waals surface area contributed by atoms with Gasteiger partial charge in [-0.3, -0.25) is 9.59 Å². The van der Waals surface area contributed by atoms with Crippen LogP contribution in [0.5, 0.6) is 0 Å². The Bertz CT molecular complexity index is 697. The lowest BCUT2D eigenvalue weighted by atomic mass is 10.00. The number of rotatable bonds is 3. The van der Waals surface area contributed by atoms with Gasteiger partial charge in [0.15, 0.2) is 5.78 Å². The number of hydrogen-bond donors (Lipinski definition) is 1. The van der Waals surface area contributed by atoms with E-state index < -0.39 is 11.0 Å². The summed E-state index contributed by atoms with van der Waals surface area (Å²) < 4.78 is 0. The normalized spacial score (nSPS) is 10.3. The van der Waals surface area contributed by atoms with E-state index in [0.29, 0.717) is 0 Å². The maximum atomic E-state index is 12.5. The molecule has 1 aromatic carbocycles. The first kappa shape index (κ1) is 14.8. The second kappa shape index (κ2) is 5.79. The van der Waals surface area contributed by atoms with Crippen LogP contribution in [0.4, 0.5) is 5.82 Å². The molecular formula is C13H7Cl3N2O2. The number of anilines is 1. The summed E-state index contributed by atoms with van der Waals surface area (Å²) >= 11 is 17.4. The minimum Gasteiger partial charge on any atom is -0.383 e. The van der Waals surface area contributed by atoms with Crippen LogP contribution in [0.2, 0.25) is 10.0 Å². The molecule has 2 aromatic rings. The van der Waals surface area contributed by atoms with E-state index in [0.717, 1.165) is 0 Å². The number of nitrogen functional groups attached to an aromatic ring is 1. The van der Waals surface area contributed by atoms with Crippen molar-refractivity contribution in [2.45, 2.75) is 0 Å². The van der Waals surface area contributed by atoms with E-state index in [-0.39, 0.29) is 32.6 Å². The number of aromatic nitrogens is 1. The highest BCUT2D eigenvalue weighted by Gasteiger charge is 2.23. The molecule has 0 atom stereocenters. The summed E-state index contributed by atoms with van der Waals surface area (Å²) in [6, 6.07) is 5.99. The van der Waals surface area contributed by atoms with Gasteiger partial charge in [-0.1, -0.05) is 29.3 Å². The SMILES string of the molecule is Nc1nccc(C(=O)c2c(Cl)cccc2Cl)c1C(=O)Cl. The lowest BCUT2D eigenvalue weighted by Gasteiger charge is -2.09. The van der Waals surface area contributed by atoms with Gasteiger partial charge in [-0.25, -0.2) is 4.98 Å². The molecule has 7 heteroatoms. The molecule has 0 aliphatic carbocycles. The van der Waals surface area contributed by atoms with Crippen molar-refractivity contribution in [3.63, 3.8) is 0 Å². The van der Waals surface area contributed by atoms with E-state index in [4.69, 9.17) is 40.5 Å². The van der Waals surface area contributed by atoms with Gasteiger partial charge < -0.3 is 5.73 Å². The zero-order valence-electron chi connectivity index (χ0n) is 9.86. The Balaban J connectivity index is 2.66. The molecule has 0 unspecified atom stereocenters. The quantitative estimate of drug-likeness (QED) is 0.690. The van der Waals surface area contributed by atoms with E-state index in [1.807, 2.05) is 0 Å². The molecule has 1 aromatic heterocycles. The lowest BCUT2D eigenvalue weighted by Crippen LogP contribution is -2.12. The van der Waals surface area contributed by atoms with Crippen LogP contribution >= 0.6 is 34.8 Å². The molecule has 1 heterocycles. The average Bonchev–Trinajstić information content (AvgIpc) is 2.37. The van der Waals surface area contributed by atoms with E-state index >= 15 is 0 Å². The summed E-state index contributed by atoms with van der Waals surface area (Å²) in [5.41, 5.74) is 5.51. The first-order chi connectivity index (χ1) is 9.43. The molecule has 0 saturated heterocycles. The fraction of sp³-hybridized carbons (Fsp3) is 0.